The zero-order valence-corrected chi connectivity index (χ0v) is 18.5. The number of benzene rings is 2. The third kappa shape index (κ3) is 5.65. The molecule has 2 aromatic carbocycles. The van der Waals surface area contributed by atoms with E-state index in [0.29, 0.717) is 11.2 Å². The average Bonchev–Trinajstić information content (AvgIpc) is 3.19. The number of carbonyl (C=O) groups is 2. The minimum Gasteiger partial charge on any atom is -0.467 e. The maximum absolute atomic E-state index is 12.4. The van der Waals surface area contributed by atoms with Crippen LogP contribution in [0.4, 0.5) is 0 Å². The fourth-order valence-electron chi connectivity index (χ4n) is 2.95. The van der Waals surface area contributed by atoms with Gasteiger partial charge < -0.3 is 19.2 Å². The van der Waals surface area contributed by atoms with E-state index in [-0.39, 0.29) is 30.4 Å². The largest absolute Gasteiger partial charge is 0.467 e. The first-order valence-corrected chi connectivity index (χ1v) is 11.5. The Bertz CT molecular complexity index is 1170. The highest BCUT2D eigenvalue weighted by atomic mass is 32.2. The molecule has 0 atom stereocenters. The van der Waals surface area contributed by atoms with Gasteiger partial charge in [-0.05, 0) is 49.6 Å². The molecule has 0 spiro atoms. The maximum Gasteiger partial charge on any atom is 0.359 e. The molecule has 0 saturated carbocycles. The Kier molecular flexibility index (Phi) is 7.49. The molecule has 0 aliphatic heterocycles. The van der Waals surface area contributed by atoms with Crippen LogP contribution in [0.15, 0.2) is 59.5 Å². The summed E-state index contributed by atoms with van der Waals surface area (Å²) >= 11 is 0. The second-order valence-electron chi connectivity index (χ2n) is 6.68. The van der Waals surface area contributed by atoms with Gasteiger partial charge in [0.25, 0.3) is 6.10 Å². The topological polar surface area (TPSA) is 124 Å². The number of H-pyrrole nitrogens is 1. The summed E-state index contributed by atoms with van der Waals surface area (Å²) in [4.78, 5) is 27.5. The van der Waals surface area contributed by atoms with Gasteiger partial charge >= 0.3 is 11.9 Å². The van der Waals surface area contributed by atoms with Crippen LogP contribution in [0.5, 0.6) is 5.75 Å². The molecule has 0 aliphatic carbocycles. The minimum absolute atomic E-state index is 0.0520. The molecule has 9 nitrogen and oxygen atoms in total. The first-order valence-electron chi connectivity index (χ1n) is 10.00. The minimum atomic E-state index is -3.65. The van der Waals surface area contributed by atoms with Crippen molar-refractivity contribution in [2.75, 3.05) is 13.2 Å². The monoisotopic (exact) mass is 460 g/mol. The van der Waals surface area contributed by atoms with Gasteiger partial charge in [-0.25, -0.2) is 22.7 Å². The van der Waals surface area contributed by atoms with Crippen molar-refractivity contribution in [3.63, 3.8) is 0 Å². The zero-order valence-electron chi connectivity index (χ0n) is 17.7. The highest BCUT2D eigenvalue weighted by molar-refractivity contribution is 7.89. The first-order chi connectivity index (χ1) is 15.3. The van der Waals surface area contributed by atoms with Crippen LogP contribution in [0.3, 0.4) is 0 Å². The van der Waals surface area contributed by atoms with Crippen LogP contribution in [-0.2, 0) is 35.6 Å². The molecule has 1 heterocycles. The molecular formula is C22H24N2O7S. The van der Waals surface area contributed by atoms with E-state index < -0.39 is 28.1 Å². The Morgan fingerprint density at radius 2 is 1.62 bits per heavy atom. The van der Waals surface area contributed by atoms with Gasteiger partial charge in [0, 0.05) is 17.3 Å². The summed E-state index contributed by atoms with van der Waals surface area (Å²) in [7, 11) is -3.65. The number of esters is 2. The van der Waals surface area contributed by atoms with Crippen LogP contribution in [-0.4, -0.2) is 44.7 Å². The van der Waals surface area contributed by atoms with Crippen molar-refractivity contribution in [3.05, 3.63) is 60.3 Å². The molecule has 2 N–H and O–H groups in total. The first kappa shape index (κ1) is 23.3. The standard InChI is InChI=1S/C22H24N2O7S/c1-3-29-21(25)20(22(26)30-4-2)31-17-11-10-15-12-16(24-19(15)13-17)14-23-32(27,28)18-8-6-5-7-9-18/h5-13,20,23-24H,3-4,14H2,1-2H3. The molecule has 0 bridgehead atoms. The number of hydrogen-bond acceptors (Lipinski definition) is 7. The zero-order chi connectivity index (χ0) is 23.1. The Labute approximate surface area is 185 Å². The predicted octanol–water partition coefficient (Wildman–Crippen LogP) is 2.52. The second kappa shape index (κ2) is 10.3. The summed E-state index contributed by atoms with van der Waals surface area (Å²) in [5, 5.41) is 0.801. The lowest BCUT2D eigenvalue weighted by molar-refractivity contribution is -0.166. The van der Waals surface area contributed by atoms with Crippen LogP contribution in [0.1, 0.15) is 19.5 Å². The summed E-state index contributed by atoms with van der Waals surface area (Å²) in [6, 6.07) is 14.8. The number of sulfonamides is 1. The second-order valence-corrected chi connectivity index (χ2v) is 8.45. The fraction of sp³-hybridized carbons (Fsp3) is 0.273. The van der Waals surface area contributed by atoms with Crippen LogP contribution in [0.25, 0.3) is 10.9 Å². The molecule has 0 radical (unpaired) electrons. The maximum atomic E-state index is 12.4. The van der Waals surface area contributed by atoms with Crippen molar-refractivity contribution in [1.29, 1.82) is 0 Å². The Hall–Kier alpha value is -3.37. The number of aromatic nitrogens is 1. The van der Waals surface area contributed by atoms with Crippen LogP contribution in [0, 0.1) is 0 Å². The molecule has 0 aliphatic rings. The molecule has 3 aromatic rings. The van der Waals surface area contributed by atoms with E-state index in [1.165, 1.54) is 12.1 Å². The molecule has 10 heteroatoms. The Morgan fingerprint density at radius 3 is 2.25 bits per heavy atom. The molecule has 32 heavy (non-hydrogen) atoms. The molecular weight excluding hydrogens is 436 g/mol. The van der Waals surface area contributed by atoms with Crippen molar-refractivity contribution < 1.29 is 32.2 Å². The summed E-state index contributed by atoms with van der Waals surface area (Å²) < 4.78 is 42.7. The molecule has 0 saturated heterocycles. The smallest absolute Gasteiger partial charge is 0.359 e. The van der Waals surface area contributed by atoms with Crippen molar-refractivity contribution >= 4 is 32.9 Å². The number of fused-ring (bicyclic) bond motifs is 1. The number of hydrogen-bond donors (Lipinski definition) is 2. The Morgan fingerprint density at radius 1 is 0.969 bits per heavy atom. The number of carbonyl (C=O) groups excluding carboxylic acids is 2. The van der Waals surface area contributed by atoms with Crippen molar-refractivity contribution in [1.82, 2.24) is 9.71 Å². The van der Waals surface area contributed by atoms with E-state index in [0.717, 1.165) is 5.39 Å². The summed E-state index contributed by atoms with van der Waals surface area (Å²) in [5.41, 5.74) is 1.27. The van der Waals surface area contributed by atoms with E-state index in [4.69, 9.17) is 14.2 Å². The van der Waals surface area contributed by atoms with E-state index in [9.17, 15) is 18.0 Å². The third-order valence-electron chi connectivity index (χ3n) is 4.41. The molecule has 170 valence electrons. The lowest BCUT2D eigenvalue weighted by Crippen LogP contribution is -2.38. The van der Waals surface area contributed by atoms with E-state index in [1.807, 2.05) is 0 Å². The van der Waals surface area contributed by atoms with Crippen molar-refractivity contribution in [2.24, 2.45) is 0 Å². The number of ether oxygens (including phenoxy) is 3. The average molecular weight is 461 g/mol. The lowest BCUT2D eigenvalue weighted by atomic mass is 10.2. The van der Waals surface area contributed by atoms with Crippen LogP contribution in [0.2, 0.25) is 0 Å². The van der Waals surface area contributed by atoms with Crippen LogP contribution < -0.4 is 9.46 Å². The SMILES string of the molecule is CCOC(=O)C(Oc1ccc2cc(CNS(=O)(=O)c3ccccc3)[nH]c2c1)C(=O)OCC. The number of aromatic amines is 1. The van der Waals surface area contributed by atoms with Gasteiger partial charge in [0.2, 0.25) is 10.0 Å². The summed E-state index contributed by atoms with van der Waals surface area (Å²) in [5.74, 6) is -1.43. The van der Waals surface area contributed by atoms with Gasteiger partial charge in [0.1, 0.15) is 5.75 Å². The molecule has 1 aromatic heterocycles. The molecule has 0 unspecified atom stereocenters. The summed E-state index contributed by atoms with van der Waals surface area (Å²) in [6.07, 6.45) is -1.54. The molecule has 0 fully saturated rings. The van der Waals surface area contributed by atoms with Gasteiger partial charge in [-0.2, -0.15) is 0 Å². The lowest BCUT2D eigenvalue weighted by Gasteiger charge is -2.16. The van der Waals surface area contributed by atoms with Gasteiger partial charge in [-0.3, -0.25) is 0 Å². The van der Waals surface area contributed by atoms with E-state index in [1.54, 1.807) is 56.3 Å². The molecule has 0 amide bonds. The normalized spacial score (nSPS) is 11.5. The quantitative estimate of drug-likeness (QED) is 0.352. The summed E-state index contributed by atoms with van der Waals surface area (Å²) in [6.45, 7) is 3.49. The van der Waals surface area contributed by atoms with Gasteiger partial charge in [-0.15, -0.1) is 0 Å². The van der Waals surface area contributed by atoms with E-state index >= 15 is 0 Å². The van der Waals surface area contributed by atoms with Gasteiger partial charge in [0.15, 0.2) is 0 Å². The van der Waals surface area contributed by atoms with Crippen molar-refractivity contribution in [3.8, 4) is 5.75 Å². The van der Waals surface area contributed by atoms with E-state index in [2.05, 4.69) is 9.71 Å². The van der Waals surface area contributed by atoms with Gasteiger partial charge in [0.05, 0.1) is 24.7 Å². The fourth-order valence-corrected chi connectivity index (χ4v) is 3.98. The van der Waals surface area contributed by atoms with Gasteiger partial charge in [-0.1, -0.05) is 18.2 Å². The van der Waals surface area contributed by atoms with Crippen molar-refractivity contribution in [2.45, 2.75) is 31.4 Å². The number of nitrogens with one attached hydrogen (secondary N) is 2. The molecule has 3 rings (SSSR count). The third-order valence-corrected chi connectivity index (χ3v) is 5.83. The highest BCUT2D eigenvalue weighted by Crippen LogP contribution is 2.23. The highest BCUT2D eigenvalue weighted by Gasteiger charge is 2.32. The number of rotatable bonds is 10. The van der Waals surface area contributed by atoms with Crippen LogP contribution >= 0.6 is 0 Å². The Balaban J connectivity index is 1.75. The predicted molar refractivity (Wildman–Crippen MR) is 116 cm³/mol.